The van der Waals surface area contributed by atoms with E-state index in [-0.39, 0.29) is 0 Å². The molecule has 0 N–H and O–H groups in total. The minimum absolute atomic E-state index is 0.568. The maximum atomic E-state index is 2.36. The Balaban J connectivity index is 2.54. The molecule has 0 saturated carbocycles. The van der Waals surface area contributed by atoms with Crippen molar-refractivity contribution in [3.8, 4) is 0 Å². The van der Waals surface area contributed by atoms with E-state index >= 15 is 0 Å². The molecule has 0 amide bonds. The van der Waals surface area contributed by atoms with Crippen LogP contribution in [0.3, 0.4) is 0 Å². The van der Waals surface area contributed by atoms with Crippen LogP contribution in [0.15, 0.2) is 0 Å². The van der Waals surface area contributed by atoms with Crippen LogP contribution in [0.25, 0.3) is 0 Å². The van der Waals surface area contributed by atoms with Crippen LogP contribution in [0.1, 0.15) is 6.92 Å². The molecule has 1 unspecified atom stereocenters. The van der Waals surface area contributed by atoms with Gasteiger partial charge in [0.15, 0.2) is 0 Å². The van der Waals surface area contributed by atoms with Gasteiger partial charge in [-0.2, -0.15) is 0 Å². The van der Waals surface area contributed by atoms with Crippen molar-refractivity contribution in [1.29, 1.82) is 0 Å². The molecule has 0 aromatic heterocycles. The molecule has 0 aromatic rings. The molecule has 0 rings (SSSR count). The first-order valence-electron chi connectivity index (χ1n) is 1.73. The first-order chi connectivity index (χ1) is 2.27. The van der Waals surface area contributed by atoms with Gasteiger partial charge in [0.25, 0.3) is 0 Å². The van der Waals surface area contributed by atoms with Crippen molar-refractivity contribution < 1.29 is 33.0 Å². The summed E-state index contributed by atoms with van der Waals surface area (Å²) in [6.45, 7) is 4.63. The topological polar surface area (TPSA) is 0 Å². The summed E-state index contributed by atoms with van der Waals surface area (Å²) in [5.41, 5.74) is 0. The molecule has 5 heavy (non-hydrogen) atoms. The molecule has 0 radical (unpaired) electrons. The average Bonchev–Trinajstić information content (AvgIpc) is 1.38. The Morgan fingerprint density at radius 2 is 2.00 bits per heavy atom. The summed E-state index contributed by atoms with van der Waals surface area (Å²) >= 11 is 1.26. The van der Waals surface area contributed by atoms with Crippen molar-refractivity contribution >= 4 is 3.69 Å². The molecule has 0 fully saturated rings. The van der Waals surface area contributed by atoms with E-state index in [0.29, 0.717) is 3.69 Å². The van der Waals surface area contributed by atoms with Gasteiger partial charge in [-0.1, -0.05) is 0 Å². The van der Waals surface area contributed by atoms with E-state index < -0.39 is 0 Å². The minimum atomic E-state index is 0.568. The Morgan fingerprint density at radius 1 is 1.80 bits per heavy atom. The summed E-state index contributed by atoms with van der Waals surface area (Å²) in [5, 5.41) is 0. The molecule has 0 heterocycles. The molecule has 0 aliphatic carbocycles. The molecule has 0 bridgehead atoms. The number of rotatable bonds is 1. The summed E-state index contributed by atoms with van der Waals surface area (Å²) in [5.74, 6) is 0. The fourth-order valence-electron chi connectivity index (χ4n) is 0. The van der Waals surface area contributed by atoms with Crippen LogP contribution < -0.4 is 0 Å². The SMILES string of the molecule is CC[P](C)[La]. The Hall–Kier alpha value is 1.62. The van der Waals surface area contributed by atoms with Crippen molar-refractivity contribution in [1.82, 2.24) is 0 Å². The molecule has 2 heteroatoms. The zero-order valence-corrected chi connectivity index (χ0v) is 8.25. The quantitative estimate of drug-likeness (QED) is 0.581. The van der Waals surface area contributed by atoms with Gasteiger partial charge in [0.1, 0.15) is 0 Å². The van der Waals surface area contributed by atoms with Crippen molar-refractivity contribution in [3.05, 3.63) is 0 Å². The van der Waals surface area contributed by atoms with Crippen molar-refractivity contribution in [3.63, 3.8) is 0 Å². The van der Waals surface area contributed by atoms with Crippen LogP contribution in [0, 0.1) is 33.0 Å². The Morgan fingerprint density at radius 3 is 2.00 bits per heavy atom. The fourth-order valence-corrected chi connectivity index (χ4v) is 0. The zero-order valence-electron chi connectivity index (χ0n) is 3.73. The van der Waals surface area contributed by atoms with Crippen molar-refractivity contribution in [2.45, 2.75) is 6.92 Å². The maximum absolute atomic E-state index is 2.36. The summed E-state index contributed by atoms with van der Waals surface area (Å²) < 4.78 is 0.568. The molecule has 0 nitrogen and oxygen atoms in total. The van der Waals surface area contributed by atoms with Gasteiger partial charge in [0.2, 0.25) is 0 Å². The Labute approximate surface area is 56.0 Å². The molecular weight excluding hydrogens is 206 g/mol. The Bertz CT molecular complexity index is 20.9. The molecule has 0 aromatic carbocycles. The monoisotopic (exact) mass is 214 g/mol. The second-order valence-corrected chi connectivity index (χ2v) is 11.5. The third-order valence-electron chi connectivity index (χ3n) is 0.499. The van der Waals surface area contributed by atoms with Crippen LogP contribution in [-0.4, -0.2) is 12.8 Å². The molecule has 0 aliphatic rings. The first kappa shape index (κ1) is 6.62. The number of hydrogen-bond donors (Lipinski definition) is 0. The van der Waals surface area contributed by atoms with Gasteiger partial charge in [0.05, 0.1) is 0 Å². The average molecular weight is 214 g/mol. The van der Waals surface area contributed by atoms with Crippen molar-refractivity contribution in [2.24, 2.45) is 0 Å². The molecule has 28 valence electrons. The van der Waals surface area contributed by atoms with Gasteiger partial charge >= 0.3 is 56.5 Å². The summed E-state index contributed by atoms with van der Waals surface area (Å²) in [4.78, 5) is 0. The van der Waals surface area contributed by atoms with Crippen LogP contribution in [0.4, 0.5) is 0 Å². The van der Waals surface area contributed by atoms with E-state index in [0.717, 1.165) is 0 Å². The molecule has 0 saturated heterocycles. The number of hydrogen-bond acceptors (Lipinski definition) is 0. The van der Waals surface area contributed by atoms with Crippen LogP contribution in [-0.2, 0) is 0 Å². The van der Waals surface area contributed by atoms with E-state index in [9.17, 15) is 0 Å². The summed E-state index contributed by atoms with van der Waals surface area (Å²) in [6.07, 6.45) is 1.44. The van der Waals surface area contributed by atoms with E-state index in [1.54, 1.807) is 0 Å². The van der Waals surface area contributed by atoms with Gasteiger partial charge in [-0.15, -0.1) is 0 Å². The van der Waals surface area contributed by atoms with E-state index in [1.165, 1.54) is 39.2 Å². The molecular formula is C3H8LaP. The molecule has 0 aliphatic heterocycles. The predicted octanol–water partition coefficient (Wildman–Crippen LogP) is 1.58. The summed E-state index contributed by atoms with van der Waals surface area (Å²) in [7, 11) is 0. The van der Waals surface area contributed by atoms with E-state index in [4.69, 9.17) is 0 Å². The summed E-state index contributed by atoms with van der Waals surface area (Å²) in [6, 6.07) is 0. The van der Waals surface area contributed by atoms with Crippen LogP contribution in [0.5, 0.6) is 0 Å². The third kappa shape index (κ3) is 5.62. The molecule has 0 spiro atoms. The normalized spacial score (nSPS) is 14.6. The van der Waals surface area contributed by atoms with Gasteiger partial charge in [-0.25, -0.2) is 0 Å². The van der Waals surface area contributed by atoms with Crippen LogP contribution >= 0.6 is 3.69 Å². The fraction of sp³-hybridized carbons (Fsp3) is 1.00. The molecule has 1 atom stereocenters. The third-order valence-corrected chi connectivity index (χ3v) is 4.94. The zero-order chi connectivity index (χ0) is 4.28. The standard InChI is InChI=1S/C3H8P.La/c1-3-4-2;/h3H2,1-2H3;/q-1;+1. The van der Waals surface area contributed by atoms with E-state index in [2.05, 4.69) is 13.6 Å². The van der Waals surface area contributed by atoms with Gasteiger partial charge < -0.3 is 0 Å². The second kappa shape index (κ2) is 3.80. The van der Waals surface area contributed by atoms with Gasteiger partial charge in [-0.3, -0.25) is 0 Å². The van der Waals surface area contributed by atoms with Gasteiger partial charge in [-0.05, 0) is 0 Å². The first-order valence-corrected chi connectivity index (χ1v) is 8.64. The van der Waals surface area contributed by atoms with E-state index in [1.807, 2.05) is 0 Å². The predicted molar refractivity (Wildman–Crippen MR) is 23.4 cm³/mol. The van der Waals surface area contributed by atoms with Crippen LogP contribution in [0.2, 0.25) is 0 Å². The van der Waals surface area contributed by atoms with Crippen molar-refractivity contribution in [2.75, 3.05) is 12.8 Å². The second-order valence-electron chi connectivity index (χ2n) is 1.07. The van der Waals surface area contributed by atoms with Gasteiger partial charge in [0, 0.05) is 0 Å². The Kier molecular flexibility index (Phi) is 5.04.